The van der Waals surface area contributed by atoms with E-state index < -0.39 is 5.97 Å². The predicted molar refractivity (Wildman–Crippen MR) is 49.4 cm³/mol. The van der Waals surface area contributed by atoms with E-state index in [0.29, 0.717) is 5.52 Å². The number of aromatic nitrogens is 2. The molecule has 0 unspecified atom stereocenters. The maximum atomic E-state index is 11.4. The fourth-order valence-corrected chi connectivity index (χ4v) is 1.28. The molecular formula is C9H8N2O3. The van der Waals surface area contributed by atoms with Gasteiger partial charge in [0.25, 0.3) is 0 Å². The van der Waals surface area contributed by atoms with Gasteiger partial charge in [-0.15, -0.1) is 0 Å². The zero-order valence-corrected chi connectivity index (χ0v) is 7.48. The number of nitrogens with one attached hydrogen (secondary N) is 1. The summed E-state index contributed by atoms with van der Waals surface area (Å²) in [5, 5.41) is 0. The molecule has 2 aromatic rings. The second kappa shape index (κ2) is 3.02. The Balaban J connectivity index is 2.70. The zero-order valence-electron chi connectivity index (χ0n) is 7.48. The molecule has 0 spiro atoms. The number of carbonyl (C=O) groups is 1. The van der Waals surface area contributed by atoms with Crippen LogP contribution in [0.4, 0.5) is 0 Å². The van der Waals surface area contributed by atoms with Crippen LogP contribution in [0.1, 0.15) is 10.5 Å². The van der Waals surface area contributed by atoms with Crippen molar-refractivity contribution in [2.45, 2.75) is 0 Å². The molecule has 0 radical (unpaired) electrons. The highest BCUT2D eigenvalue weighted by molar-refractivity contribution is 5.88. The first-order valence-electron chi connectivity index (χ1n) is 4.01. The molecule has 0 atom stereocenters. The lowest BCUT2D eigenvalue weighted by molar-refractivity contribution is 0.0593. The predicted octanol–water partition coefficient (Wildman–Crippen LogP) is 0.414. The molecule has 2 rings (SSSR count). The average molecular weight is 192 g/mol. The molecule has 2 aromatic heterocycles. The number of hydrogen-bond acceptors (Lipinski definition) is 3. The molecule has 0 aliphatic rings. The number of aromatic amines is 1. The Bertz CT molecular complexity index is 538. The number of fused-ring (bicyclic) bond motifs is 1. The number of nitrogens with zero attached hydrogens (tertiary/aromatic N) is 1. The van der Waals surface area contributed by atoms with Gasteiger partial charge >= 0.3 is 11.7 Å². The first kappa shape index (κ1) is 8.55. The summed E-state index contributed by atoms with van der Waals surface area (Å²) in [7, 11) is 1.27. The van der Waals surface area contributed by atoms with Crippen molar-refractivity contribution in [3.05, 3.63) is 40.6 Å². The van der Waals surface area contributed by atoms with Gasteiger partial charge in [-0.2, -0.15) is 0 Å². The Morgan fingerprint density at radius 1 is 1.57 bits per heavy atom. The van der Waals surface area contributed by atoms with Gasteiger partial charge in [0.15, 0.2) is 0 Å². The first-order valence-corrected chi connectivity index (χ1v) is 4.01. The SMILES string of the molecule is COC(=O)c1cc2cccn2c(=O)[nH]1. The summed E-state index contributed by atoms with van der Waals surface area (Å²) >= 11 is 0. The van der Waals surface area contributed by atoms with Crippen LogP contribution in [0.15, 0.2) is 29.2 Å². The van der Waals surface area contributed by atoms with Crippen molar-refractivity contribution in [3.63, 3.8) is 0 Å². The third-order valence-electron chi connectivity index (χ3n) is 1.94. The Morgan fingerprint density at radius 3 is 3.07 bits per heavy atom. The lowest BCUT2D eigenvalue weighted by Crippen LogP contribution is -2.19. The van der Waals surface area contributed by atoms with Crippen molar-refractivity contribution in [2.75, 3.05) is 7.11 Å². The standard InChI is InChI=1S/C9H8N2O3/c1-14-8(12)7-5-6-3-2-4-11(6)9(13)10-7/h2-5H,1H3,(H,10,13). The molecule has 0 aromatic carbocycles. The van der Waals surface area contributed by atoms with E-state index in [1.54, 1.807) is 24.4 Å². The van der Waals surface area contributed by atoms with Gasteiger partial charge in [-0.3, -0.25) is 4.40 Å². The van der Waals surface area contributed by atoms with E-state index in [-0.39, 0.29) is 11.4 Å². The van der Waals surface area contributed by atoms with E-state index in [4.69, 9.17) is 0 Å². The second-order valence-electron chi connectivity index (χ2n) is 2.78. The molecule has 0 saturated carbocycles. The molecule has 5 heteroatoms. The van der Waals surface area contributed by atoms with Gasteiger partial charge in [0.2, 0.25) is 0 Å². The number of hydrogen-bond donors (Lipinski definition) is 1. The summed E-state index contributed by atoms with van der Waals surface area (Å²) < 4.78 is 5.91. The smallest absolute Gasteiger partial charge is 0.354 e. The third kappa shape index (κ3) is 1.19. The summed E-state index contributed by atoms with van der Waals surface area (Å²) in [5.74, 6) is -0.550. The van der Waals surface area contributed by atoms with E-state index >= 15 is 0 Å². The highest BCUT2D eigenvalue weighted by Gasteiger charge is 2.08. The van der Waals surface area contributed by atoms with Crippen molar-refractivity contribution >= 4 is 11.5 Å². The number of H-pyrrole nitrogens is 1. The van der Waals surface area contributed by atoms with Crippen LogP contribution in [-0.2, 0) is 4.74 Å². The van der Waals surface area contributed by atoms with Crippen LogP contribution in [0.3, 0.4) is 0 Å². The highest BCUT2D eigenvalue weighted by Crippen LogP contribution is 2.03. The highest BCUT2D eigenvalue weighted by atomic mass is 16.5. The minimum absolute atomic E-state index is 0.156. The maximum Gasteiger partial charge on any atom is 0.354 e. The van der Waals surface area contributed by atoms with E-state index in [9.17, 15) is 9.59 Å². The molecule has 5 nitrogen and oxygen atoms in total. The molecule has 0 bridgehead atoms. The van der Waals surface area contributed by atoms with Crippen molar-refractivity contribution in [1.29, 1.82) is 0 Å². The van der Waals surface area contributed by atoms with Gasteiger partial charge in [0.05, 0.1) is 12.6 Å². The Hall–Kier alpha value is -2.04. The van der Waals surface area contributed by atoms with Gasteiger partial charge in [-0.1, -0.05) is 0 Å². The largest absolute Gasteiger partial charge is 0.464 e. The quantitative estimate of drug-likeness (QED) is 0.666. The number of rotatable bonds is 1. The average Bonchev–Trinajstić information content (AvgIpc) is 2.64. The van der Waals surface area contributed by atoms with Crippen molar-refractivity contribution in [1.82, 2.24) is 9.38 Å². The van der Waals surface area contributed by atoms with Crippen molar-refractivity contribution in [3.8, 4) is 0 Å². The molecule has 14 heavy (non-hydrogen) atoms. The fourth-order valence-electron chi connectivity index (χ4n) is 1.28. The lowest BCUT2D eigenvalue weighted by atomic mass is 10.3. The van der Waals surface area contributed by atoms with Gasteiger partial charge in [0, 0.05) is 6.20 Å². The monoisotopic (exact) mass is 192 g/mol. The molecule has 2 heterocycles. The third-order valence-corrected chi connectivity index (χ3v) is 1.94. The molecule has 72 valence electrons. The molecule has 0 amide bonds. The van der Waals surface area contributed by atoms with Crippen molar-refractivity contribution < 1.29 is 9.53 Å². The first-order chi connectivity index (χ1) is 6.72. The topological polar surface area (TPSA) is 63.6 Å². The normalized spacial score (nSPS) is 10.4. The van der Waals surface area contributed by atoms with E-state index in [1.165, 1.54) is 11.5 Å². The van der Waals surface area contributed by atoms with Gasteiger partial charge in [-0.05, 0) is 18.2 Å². The Kier molecular flexibility index (Phi) is 1.85. The molecule has 0 aliphatic heterocycles. The summed E-state index contributed by atoms with van der Waals surface area (Å²) in [5.41, 5.74) is 0.464. The summed E-state index contributed by atoms with van der Waals surface area (Å²) in [4.78, 5) is 24.9. The van der Waals surface area contributed by atoms with Gasteiger partial charge < -0.3 is 9.72 Å². The number of esters is 1. The molecule has 1 N–H and O–H groups in total. The van der Waals surface area contributed by atoms with E-state index in [1.807, 2.05) is 0 Å². The lowest BCUT2D eigenvalue weighted by Gasteiger charge is -1.99. The molecule has 0 fully saturated rings. The van der Waals surface area contributed by atoms with Gasteiger partial charge in [-0.25, -0.2) is 9.59 Å². The molecule has 0 saturated heterocycles. The molecule has 0 aliphatic carbocycles. The maximum absolute atomic E-state index is 11.4. The molecular weight excluding hydrogens is 184 g/mol. The summed E-state index contributed by atoms with van der Waals surface area (Å²) in [6.07, 6.45) is 1.62. The van der Waals surface area contributed by atoms with Crippen LogP contribution in [-0.4, -0.2) is 22.5 Å². The summed E-state index contributed by atoms with van der Waals surface area (Å²) in [6.45, 7) is 0. The minimum Gasteiger partial charge on any atom is -0.464 e. The summed E-state index contributed by atoms with van der Waals surface area (Å²) in [6, 6.07) is 5.03. The van der Waals surface area contributed by atoms with E-state index in [0.717, 1.165) is 0 Å². The van der Waals surface area contributed by atoms with Crippen molar-refractivity contribution in [2.24, 2.45) is 0 Å². The second-order valence-corrected chi connectivity index (χ2v) is 2.78. The van der Waals surface area contributed by atoms with Crippen LogP contribution >= 0.6 is 0 Å². The van der Waals surface area contributed by atoms with Crippen LogP contribution in [0.5, 0.6) is 0 Å². The fraction of sp³-hybridized carbons (Fsp3) is 0.111. The number of methoxy groups -OCH3 is 1. The van der Waals surface area contributed by atoms with Crippen LogP contribution < -0.4 is 5.69 Å². The van der Waals surface area contributed by atoms with Crippen LogP contribution in [0.2, 0.25) is 0 Å². The van der Waals surface area contributed by atoms with Crippen LogP contribution in [0.25, 0.3) is 5.52 Å². The number of carbonyl (C=O) groups excluding carboxylic acids is 1. The zero-order chi connectivity index (χ0) is 10.1. The van der Waals surface area contributed by atoms with Crippen LogP contribution in [0, 0.1) is 0 Å². The Labute approximate surface area is 78.9 Å². The minimum atomic E-state index is -0.550. The van der Waals surface area contributed by atoms with E-state index in [2.05, 4.69) is 9.72 Å². The number of ether oxygens (including phenoxy) is 1. The Morgan fingerprint density at radius 2 is 2.36 bits per heavy atom. The van der Waals surface area contributed by atoms with Gasteiger partial charge in [0.1, 0.15) is 5.69 Å².